The molecular formula is C23H33N2O3+. The Labute approximate surface area is 168 Å². The van der Waals surface area contributed by atoms with Gasteiger partial charge in [0.1, 0.15) is 17.5 Å². The van der Waals surface area contributed by atoms with Gasteiger partial charge in [-0.2, -0.15) is 0 Å². The highest BCUT2D eigenvalue weighted by atomic mass is 16.5. The summed E-state index contributed by atoms with van der Waals surface area (Å²) in [4.78, 5) is 13.6. The van der Waals surface area contributed by atoms with Crippen LogP contribution in [0.2, 0.25) is 0 Å². The van der Waals surface area contributed by atoms with Gasteiger partial charge in [0.25, 0.3) is 5.91 Å². The number of para-hydroxylation sites is 1. The molecule has 5 heteroatoms. The van der Waals surface area contributed by atoms with E-state index in [1.165, 1.54) is 4.90 Å². The number of hydrogen-bond acceptors (Lipinski definition) is 3. The highest BCUT2D eigenvalue weighted by Gasteiger charge is 2.22. The van der Waals surface area contributed by atoms with Crippen molar-refractivity contribution in [3.63, 3.8) is 0 Å². The van der Waals surface area contributed by atoms with Crippen molar-refractivity contribution in [2.24, 2.45) is 0 Å². The molecule has 0 bridgehead atoms. The fourth-order valence-electron chi connectivity index (χ4n) is 3.23. The zero-order valence-corrected chi connectivity index (χ0v) is 17.8. The van der Waals surface area contributed by atoms with Crippen LogP contribution in [0.4, 0.5) is 0 Å². The van der Waals surface area contributed by atoms with E-state index in [1.807, 2.05) is 37.3 Å². The van der Waals surface area contributed by atoms with Crippen LogP contribution < -0.4 is 19.7 Å². The lowest BCUT2D eigenvalue weighted by Crippen LogP contribution is -3.07. The first-order valence-corrected chi connectivity index (χ1v) is 9.76. The highest BCUT2D eigenvalue weighted by molar-refractivity contribution is 5.77. The standard InChI is InChI=1S/C23H32N2O3/c1-16(2)18-12-11-17(3)13-22(18)28-15-23(26)24-14-20(25(4)5)19-9-7-8-10-21(19)27-6/h7-13,16,20H,14-15H2,1-6H3,(H,24,26)/p+1/t20-/m0/s1. The quantitative estimate of drug-likeness (QED) is 0.697. The van der Waals surface area contributed by atoms with Crippen LogP contribution in [0.5, 0.6) is 11.5 Å². The minimum Gasteiger partial charge on any atom is -0.496 e. The van der Waals surface area contributed by atoms with Gasteiger partial charge in [0.15, 0.2) is 6.61 Å². The maximum absolute atomic E-state index is 12.4. The molecule has 2 aromatic rings. The molecule has 0 saturated carbocycles. The summed E-state index contributed by atoms with van der Waals surface area (Å²) in [6.45, 7) is 6.78. The van der Waals surface area contributed by atoms with Crippen LogP contribution in [0.3, 0.4) is 0 Å². The first-order chi connectivity index (χ1) is 13.3. The predicted octanol–water partition coefficient (Wildman–Crippen LogP) is 2.51. The smallest absolute Gasteiger partial charge is 0.258 e. The van der Waals surface area contributed by atoms with Gasteiger partial charge in [0, 0.05) is 0 Å². The van der Waals surface area contributed by atoms with Crippen molar-refractivity contribution in [3.8, 4) is 11.5 Å². The van der Waals surface area contributed by atoms with Crippen molar-refractivity contribution in [1.82, 2.24) is 5.32 Å². The molecule has 1 atom stereocenters. The molecule has 2 aromatic carbocycles. The summed E-state index contributed by atoms with van der Waals surface area (Å²) >= 11 is 0. The van der Waals surface area contributed by atoms with E-state index >= 15 is 0 Å². The number of methoxy groups -OCH3 is 1. The normalized spacial score (nSPS) is 12.1. The van der Waals surface area contributed by atoms with Crippen LogP contribution in [0.1, 0.15) is 42.5 Å². The van der Waals surface area contributed by atoms with Crippen LogP contribution in [0.25, 0.3) is 0 Å². The summed E-state index contributed by atoms with van der Waals surface area (Å²) in [7, 11) is 5.81. The van der Waals surface area contributed by atoms with Gasteiger partial charge in [-0.1, -0.05) is 38.1 Å². The van der Waals surface area contributed by atoms with Crippen LogP contribution in [-0.2, 0) is 4.79 Å². The number of likely N-dealkylation sites (N-methyl/N-ethyl adjacent to an activating group) is 1. The molecule has 0 heterocycles. The zero-order valence-electron chi connectivity index (χ0n) is 17.8. The summed E-state index contributed by atoms with van der Waals surface area (Å²) in [5.74, 6) is 1.83. The lowest BCUT2D eigenvalue weighted by atomic mass is 10.0. The average molecular weight is 386 g/mol. The van der Waals surface area contributed by atoms with Gasteiger partial charge in [-0.15, -0.1) is 0 Å². The summed E-state index contributed by atoms with van der Waals surface area (Å²) in [5.41, 5.74) is 3.31. The molecule has 0 aliphatic heterocycles. The predicted molar refractivity (Wildman–Crippen MR) is 112 cm³/mol. The number of carbonyl (C=O) groups excluding carboxylic acids is 1. The number of nitrogens with one attached hydrogen (secondary N) is 2. The molecule has 2 N–H and O–H groups in total. The molecule has 0 radical (unpaired) electrons. The van der Waals surface area contributed by atoms with Crippen LogP contribution in [0.15, 0.2) is 42.5 Å². The molecule has 0 spiro atoms. The number of quaternary nitrogens is 1. The highest BCUT2D eigenvalue weighted by Crippen LogP contribution is 2.27. The lowest BCUT2D eigenvalue weighted by molar-refractivity contribution is -0.890. The maximum Gasteiger partial charge on any atom is 0.258 e. The van der Waals surface area contributed by atoms with Gasteiger partial charge in [0.05, 0.1) is 33.3 Å². The Bertz CT molecular complexity index is 787. The number of carbonyl (C=O) groups is 1. The minimum atomic E-state index is -0.127. The fraction of sp³-hybridized carbons (Fsp3) is 0.435. The minimum absolute atomic E-state index is 0.00454. The molecule has 2 rings (SSSR count). The third kappa shape index (κ3) is 5.73. The molecule has 0 fully saturated rings. The Balaban J connectivity index is 2.00. The van der Waals surface area contributed by atoms with Gasteiger partial charge in [0.2, 0.25) is 0 Å². The molecule has 0 aliphatic rings. The van der Waals surface area contributed by atoms with Crippen molar-refractivity contribution in [2.75, 3.05) is 34.4 Å². The summed E-state index contributed by atoms with van der Waals surface area (Å²) in [5, 5.41) is 3.01. The monoisotopic (exact) mass is 385 g/mol. The van der Waals surface area contributed by atoms with Crippen molar-refractivity contribution >= 4 is 5.91 Å². The fourth-order valence-corrected chi connectivity index (χ4v) is 3.23. The molecule has 5 nitrogen and oxygen atoms in total. The number of amides is 1. The molecule has 28 heavy (non-hydrogen) atoms. The SMILES string of the molecule is COc1ccccc1[C@H](CNC(=O)COc1cc(C)ccc1C(C)C)[NH+](C)C. The number of ether oxygens (including phenoxy) is 2. The Kier molecular flexibility index (Phi) is 7.88. The number of aryl methyl sites for hydroxylation is 1. The number of rotatable bonds is 9. The second-order valence-corrected chi connectivity index (χ2v) is 7.66. The molecule has 1 amide bonds. The van der Waals surface area contributed by atoms with Gasteiger partial charge in [-0.3, -0.25) is 4.79 Å². The maximum atomic E-state index is 12.4. The van der Waals surface area contributed by atoms with E-state index < -0.39 is 0 Å². The summed E-state index contributed by atoms with van der Waals surface area (Å²) in [6.07, 6.45) is 0. The topological polar surface area (TPSA) is 52.0 Å². The van der Waals surface area contributed by atoms with Crippen LogP contribution in [0, 0.1) is 6.92 Å². The van der Waals surface area contributed by atoms with E-state index in [2.05, 4.69) is 45.4 Å². The van der Waals surface area contributed by atoms with Crippen molar-refractivity contribution in [3.05, 3.63) is 59.2 Å². The Hall–Kier alpha value is -2.53. The van der Waals surface area contributed by atoms with Crippen molar-refractivity contribution in [2.45, 2.75) is 32.7 Å². The van der Waals surface area contributed by atoms with E-state index in [-0.39, 0.29) is 18.6 Å². The molecule has 0 aliphatic carbocycles. The molecule has 152 valence electrons. The molecular weight excluding hydrogens is 352 g/mol. The number of hydrogen-bond donors (Lipinski definition) is 2. The van der Waals surface area contributed by atoms with E-state index in [0.29, 0.717) is 12.5 Å². The van der Waals surface area contributed by atoms with E-state index in [9.17, 15) is 4.79 Å². The second kappa shape index (κ2) is 10.1. The Morgan fingerprint density at radius 3 is 2.43 bits per heavy atom. The Morgan fingerprint density at radius 1 is 1.07 bits per heavy atom. The summed E-state index contributed by atoms with van der Waals surface area (Å²) in [6, 6.07) is 14.1. The molecule has 0 saturated heterocycles. The Morgan fingerprint density at radius 2 is 1.79 bits per heavy atom. The van der Waals surface area contributed by atoms with Crippen LogP contribution >= 0.6 is 0 Å². The van der Waals surface area contributed by atoms with E-state index in [1.54, 1.807) is 7.11 Å². The first kappa shape index (κ1) is 21.8. The van der Waals surface area contributed by atoms with E-state index in [0.717, 1.165) is 28.2 Å². The number of benzene rings is 2. The second-order valence-electron chi connectivity index (χ2n) is 7.66. The van der Waals surface area contributed by atoms with E-state index in [4.69, 9.17) is 9.47 Å². The molecule has 0 aromatic heterocycles. The third-order valence-corrected chi connectivity index (χ3v) is 4.86. The van der Waals surface area contributed by atoms with Crippen molar-refractivity contribution < 1.29 is 19.2 Å². The lowest BCUT2D eigenvalue weighted by Gasteiger charge is -2.24. The van der Waals surface area contributed by atoms with Crippen molar-refractivity contribution in [1.29, 1.82) is 0 Å². The van der Waals surface area contributed by atoms with Gasteiger partial charge < -0.3 is 19.7 Å². The zero-order chi connectivity index (χ0) is 20.7. The van der Waals surface area contributed by atoms with Gasteiger partial charge in [-0.05, 0) is 42.2 Å². The third-order valence-electron chi connectivity index (χ3n) is 4.86. The van der Waals surface area contributed by atoms with Crippen LogP contribution in [-0.4, -0.2) is 40.3 Å². The van der Waals surface area contributed by atoms with Gasteiger partial charge >= 0.3 is 0 Å². The molecule has 0 unspecified atom stereocenters. The average Bonchev–Trinajstić information content (AvgIpc) is 2.66. The summed E-state index contributed by atoms with van der Waals surface area (Å²) < 4.78 is 11.3. The largest absolute Gasteiger partial charge is 0.496 e. The van der Waals surface area contributed by atoms with Gasteiger partial charge in [-0.25, -0.2) is 0 Å². The first-order valence-electron chi connectivity index (χ1n) is 9.76.